The second-order valence-corrected chi connectivity index (χ2v) is 8.74. The van der Waals surface area contributed by atoms with Gasteiger partial charge in [0.1, 0.15) is 0 Å². The predicted molar refractivity (Wildman–Crippen MR) is 85.0 cm³/mol. The molecule has 1 aliphatic heterocycles. The maximum absolute atomic E-state index is 13.2. The van der Waals surface area contributed by atoms with Crippen molar-refractivity contribution < 1.29 is 31.1 Å². The van der Waals surface area contributed by atoms with Crippen LogP contribution in [0.1, 0.15) is 37.7 Å². The molecule has 1 aliphatic carbocycles. The van der Waals surface area contributed by atoms with Gasteiger partial charge >= 0.3 is 6.18 Å². The first kappa shape index (κ1) is 18.7. The Morgan fingerprint density at radius 3 is 2.36 bits per heavy atom. The van der Waals surface area contributed by atoms with Crippen molar-refractivity contribution in [3.63, 3.8) is 0 Å². The number of hydrogen-bond donors (Lipinski definition) is 0. The highest BCUT2D eigenvalue weighted by atomic mass is 32.2. The molecule has 8 heteroatoms. The highest BCUT2D eigenvalue weighted by Crippen LogP contribution is 2.39. The summed E-state index contributed by atoms with van der Waals surface area (Å²) in [5, 5.41) is -0.833. The molecule has 1 saturated carbocycles. The molecule has 3 rings (SSSR count). The summed E-state index contributed by atoms with van der Waals surface area (Å²) in [4.78, 5) is -0.626. The van der Waals surface area contributed by atoms with Gasteiger partial charge in [0.05, 0.1) is 27.9 Å². The number of benzene rings is 1. The lowest BCUT2D eigenvalue weighted by molar-refractivity contribution is -0.139. The van der Waals surface area contributed by atoms with Gasteiger partial charge in [-0.15, -0.1) is 0 Å². The van der Waals surface area contributed by atoms with E-state index in [0.717, 1.165) is 25.0 Å². The monoisotopic (exact) mass is 378 g/mol. The summed E-state index contributed by atoms with van der Waals surface area (Å²) in [5.41, 5.74) is -1.09. The fourth-order valence-corrected chi connectivity index (χ4v) is 5.55. The van der Waals surface area contributed by atoms with E-state index in [0.29, 0.717) is 26.1 Å². The van der Waals surface area contributed by atoms with Gasteiger partial charge in [0.15, 0.2) is 9.84 Å². The lowest BCUT2D eigenvalue weighted by Crippen LogP contribution is -2.28. The molecule has 1 heterocycles. The average molecular weight is 378 g/mol. The summed E-state index contributed by atoms with van der Waals surface area (Å²) in [6.07, 6.45) is -2.22. The largest absolute Gasteiger partial charge is 0.417 e. The van der Waals surface area contributed by atoms with Gasteiger partial charge in [-0.1, -0.05) is 12.1 Å². The van der Waals surface area contributed by atoms with E-state index in [2.05, 4.69) is 0 Å². The Balaban J connectivity index is 1.74. The predicted octanol–water partition coefficient (Wildman–Crippen LogP) is 3.60. The quantitative estimate of drug-likeness (QED) is 0.803. The van der Waals surface area contributed by atoms with Crippen LogP contribution in [0.4, 0.5) is 13.2 Å². The highest BCUT2D eigenvalue weighted by Gasteiger charge is 2.42. The molecule has 0 radical (unpaired) electrons. The summed E-state index contributed by atoms with van der Waals surface area (Å²) in [7, 11) is -4.05. The Morgan fingerprint density at radius 2 is 1.68 bits per heavy atom. The standard InChI is InChI=1S/C17H21F3O4S/c18-17(19,20)15-3-1-2-4-16(15)25(21,22)14-6-5-13(11-14)24-12-7-9-23-10-8-12/h1-4,12-14H,5-11H2/t13-,14-/m0/s1. The van der Waals surface area contributed by atoms with E-state index in [1.54, 1.807) is 0 Å². The molecule has 0 bridgehead atoms. The van der Waals surface area contributed by atoms with Crippen LogP contribution in [0.25, 0.3) is 0 Å². The van der Waals surface area contributed by atoms with Crippen molar-refractivity contribution in [2.45, 2.75) is 60.6 Å². The van der Waals surface area contributed by atoms with Gasteiger partial charge in [-0.25, -0.2) is 8.42 Å². The van der Waals surface area contributed by atoms with Gasteiger partial charge in [-0.05, 0) is 44.2 Å². The zero-order valence-corrected chi connectivity index (χ0v) is 14.5. The van der Waals surface area contributed by atoms with Crippen LogP contribution in [0, 0.1) is 0 Å². The number of ether oxygens (including phenoxy) is 2. The summed E-state index contributed by atoms with van der Waals surface area (Å²) in [5.74, 6) is 0. The first-order valence-electron chi connectivity index (χ1n) is 8.42. The molecule has 0 unspecified atom stereocenters. The third kappa shape index (κ3) is 4.17. The maximum Gasteiger partial charge on any atom is 0.417 e. The zero-order valence-electron chi connectivity index (χ0n) is 13.7. The van der Waals surface area contributed by atoms with Gasteiger partial charge in [0.25, 0.3) is 0 Å². The molecule has 0 spiro atoms. The number of halogens is 3. The van der Waals surface area contributed by atoms with Crippen molar-refractivity contribution in [2.24, 2.45) is 0 Å². The number of hydrogen-bond acceptors (Lipinski definition) is 4. The van der Waals surface area contributed by atoms with Gasteiger partial charge in [0.2, 0.25) is 0 Å². The highest BCUT2D eigenvalue weighted by molar-refractivity contribution is 7.92. The van der Waals surface area contributed by atoms with Crippen LogP contribution in [0.3, 0.4) is 0 Å². The minimum atomic E-state index is -4.69. The van der Waals surface area contributed by atoms with Crippen molar-refractivity contribution in [3.8, 4) is 0 Å². The van der Waals surface area contributed by atoms with Crippen molar-refractivity contribution in [1.82, 2.24) is 0 Å². The Labute approximate surface area is 145 Å². The molecule has 1 saturated heterocycles. The van der Waals surface area contributed by atoms with Crippen molar-refractivity contribution >= 4 is 9.84 Å². The van der Waals surface area contributed by atoms with E-state index < -0.39 is 31.7 Å². The van der Waals surface area contributed by atoms with Crippen molar-refractivity contribution in [1.29, 1.82) is 0 Å². The molecule has 2 aliphatic rings. The Hall–Kier alpha value is -1.12. The maximum atomic E-state index is 13.2. The van der Waals surface area contributed by atoms with Crippen LogP contribution in [0.15, 0.2) is 29.2 Å². The van der Waals surface area contributed by atoms with Crippen LogP contribution >= 0.6 is 0 Å². The Kier molecular flexibility index (Phi) is 5.41. The van der Waals surface area contributed by atoms with Gasteiger partial charge in [-0.3, -0.25) is 0 Å². The third-order valence-electron chi connectivity index (χ3n) is 4.83. The second kappa shape index (κ2) is 7.25. The lowest BCUT2D eigenvalue weighted by Gasteiger charge is -2.25. The number of sulfone groups is 1. The van der Waals surface area contributed by atoms with E-state index in [1.165, 1.54) is 12.1 Å². The molecule has 2 atom stereocenters. The molecule has 1 aromatic rings. The minimum Gasteiger partial charge on any atom is -0.381 e. The average Bonchev–Trinajstić information content (AvgIpc) is 3.04. The van der Waals surface area contributed by atoms with E-state index in [1.807, 2.05) is 0 Å². The fraction of sp³-hybridized carbons (Fsp3) is 0.647. The molecular formula is C17H21F3O4S. The SMILES string of the molecule is O=S(=O)(c1ccccc1C(F)(F)F)[C@H]1CC[C@H](OC2CCOCC2)C1. The topological polar surface area (TPSA) is 52.6 Å². The Bertz CT molecular complexity index is 696. The van der Waals surface area contributed by atoms with E-state index in [9.17, 15) is 21.6 Å². The van der Waals surface area contributed by atoms with Crippen LogP contribution in [0.2, 0.25) is 0 Å². The molecule has 1 aromatic carbocycles. The van der Waals surface area contributed by atoms with Gasteiger partial charge in [-0.2, -0.15) is 13.2 Å². The van der Waals surface area contributed by atoms with Crippen LogP contribution < -0.4 is 0 Å². The first-order valence-corrected chi connectivity index (χ1v) is 9.96. The molecule has 0 aromatic heterocycles. The summed E-state index contributed by atoms with van der Waals surface area (Å²) >= 11 is 0. The van der Waals surface area contributed by atoms with Gasteiger partial charge < -0.3 is 9.47 Å². The minimum absolute atomic E-state index is 0.0441. The van der Waals surface area contributed by atoms with Crippen LogP contribution in [0.5, 0.6) is 0 Å². The second-order valence-electron chi connectivity index (χ2n) is 6.54. The van der Waals surface area contributed by atoms with E-state index >= 15 is 0 Å². The van der Waals surface area contributed by atoms with Gasteiger partial charge in [0, 0.05) is 13.2 Å². The Morgan fingerprint density at radius 1 is 1.00 bits per heavy atom. The van der Waals surface area contributed by atoms with Crippen molar-refractivity contribution in [3.05, 3.63) is 29.8 Å². The van der Waals surface area contributed by atoms with E-state index in [-0.39, 0.29) is 18.6 Å². The van der Waals surface area contributed by atoms with Crippen LogP contribution in [-0.2, 0) is 25.5 Å². The van der Waals surface area contributed by atoms with Crippen LogP contribution in [-0.4, -0.2) is 39.1 Å². The summed E-state index contributed by atoms with van der Waals surface area (Å²) in [6.45, 7) is 1.25. The number of rotatable bonds is 4. The van der Waals surface area contributed by atoms with Crippen molar-refractivity contribution in [2.75, 3.05) is 13.2 Å². The third-order valence-corrected chi connectivity index (χ3v) is 7.10. The lowest BCUT2D eigenvalue weighted by atomic mass is 10.1. The zero-order chi connectivity index (χ0) is 18.1. The first-order chi connectivity index (χ1) is 11.8. The fourth-order valence-electron chi connectivity index (χ4n) is 3.52. The molecule has 4 nitrogen and oxygen atoms in total. The molecule has 0 amide bonds. The smallest absolute Gasteiger partial charge is 0.381 e. The number of alkyl halides is 3. The molecular weight excluding hydrogens is 357 g/mol. The normalized spacial score (nSPS) is 26.0. The summed E-state index contributed by atoms with van der Waals surface area (Å²) in [6, 6.07) is 4.39. The molecule has 2 fully saturated rings. The summed E-state index contributed by atoms with van der Waals surface area (Å²) < 4.78 is 76.2. The molecule has 25 heavy (non-hydrogen) atoms. The molecule has 140 valence electrons. The van der Waals surface area contributed by atoms with E-state index in [4.69, 9.17) is 9.47 Å². The molecule has 0 N–H and O–H groups in total.